The van der Waals surface area contributed by atoms with E-state index in [1.807, 2.05) is 45.0 Å². The molecular formula is C18H21N5O. The quantitative estimate of drug-likeness (QED) is 0.783. The summed E-state index contributed by atoms with van der Waals surface area (Å²) in [7, 11) is 0. The van der Waals surface area contributed by atoms with Crippen molar-refractivity contribution in [2.75, 3.05) is 0 Å². The van der Waals surface area contributed by atoms with Gasteiger partial charge in [-0.15, -0.1) is 5.10 Å². The van der Waals surface area contributed by atoms with E-state index >= 15 is 0 Å². The largest absolute Gasteiger partial charge is 0.347 e. The minimum atomic E-state index is -0.266. The van der Waals surface area contributed by atoms with E-state index in [1.54, 1.807) is 4.52 Å². The SMILES string of the molecule is Cc1cc(C)n2nc(C(=O)NC(C)CCc3ccccc3)nc2n1. The van der Waals surface area contributed by atoms with Gasteiger partial charge in [-0.05, 0) is 45.2 Å². The highest BCUT2D eigenvalue weighted by molar-refractivity contribution is 5.91. The molecule has 2 heterocycles. The molecule has 124 valence electrons. The van der Waals surface area contributed by atoms with E-state index in [0.717, 1.165) is 24.2 Å². The third-order valence-electron chi connectivity index (χ3n) is 3.91. The number of benzene rings is 1. The average Bonchev–Trinajstić information content (AvgIpc) is 2.98. The van der Waals surface area contributed by atoms with Crippen molar-refractivity contribution < 1.29 is 4.79 Å². The monoisotopic (exact) mass is 323 g/mol. The topological polar surface area (TPSA) is 72.2 Å². The van der Waals surface area contributed by atoms with Gasteiger partial charge in [0.25, 0.3) is 11.7 Å². The van der Waals surface area contributed by atoms with Crippen LogP contribution in [0.4, 0.5) is 0 Å². The molecule has 0 saturated heterocycles. The first-order valence-corrected chi connectivity index (χ1v) is 8.09. The molecule has 6 heteroatoms. The molecule has 3 rings (SSSR count). The number of amides is 1. The number of carbonyl (C=O) groups excluding carboxylic acids is 1. The van der Waals surface area contributed by atoms with Crippen molar-refractivity contribution in [2.24, 2.45) is 0 Å². The summed E-state index contributed by atoms with van der Waals surface area (Å²) in [6.07, 6.45) is 1.78. The number of rotatable bonds is 5. The smallest absolute Gasteiger partial charge is 0.291 e. The van der Waals surface area contributed by atoms with Gasteiger partial charge in [-0.3, -0.25) is 4.79 Å². The molecule has 0 saturated carbocycles. The number of hydrogen-bond acceptors (Lipinski definition) is 4. The lowest BCUT2D eigenvalue weighted by Gasteiger charge is -2.12. The molecule has 1 atom stereocenters. The third kappa shape index (κ3) is 3.59. The molecule has 0 spiro atoms. The van der Waals surface area contributed by atoms with Crippen molar-refractivity contribution in [3.05, 3.63) is 59.2 Å². The maximum absolute atomic E-state index is 12.4. The number of carbonyl (C=O) groups is 1. The van der Waals surface area contributed by atoms with Crippen molar-refractivity contribution in [1.29, 1.82) is 0 Å². The first-order chi connectivity index (χ1) is 11.5. The number of aromatic nitrogens is 4. The Morgan fingerprint density at radius 1 is 1.21 bits per heavy atom. The van der Waals surface area contributed by atoms with Crippen molar-refractivity contribution in [1.82, 2.24) is 24.9 Å². The highest BCUT2D eigenvalue weighted by Gasteiger charge is 2.16. The van der Waals surface area contributed by atoms with Crippen molar-refractivity contribution in [3.8, 4) is 0 Å². The second-order valence-electron chi connectivity index (χ2n) is 6.08. The van der Waals surface area contributed by atoms with Crippen LogP contribution in [0, 0.1) is 13.8 Å². The van der Waals surface area contributed by atoms with E-state index in [2.05, 4.69) is 32.5 Å². The van der Waals surface area contributed by atoms with E-state index < -0.39 is 0 Å². The van der Waals surface area contributed by atoms with Crippen LogP contribution in [0.5, 0.6) is 0 Å². The Morgan fingerprint density at radius 3 is 2.71 bits per heavy atom. The van der Waals surface area contributed by atoms with Gasteiger partial charge in [0, 0.05) is 17.4 Å². The number of fused-ring (bicyclic) bond motifs is 1. The summed E-state index contributed by atoms with van der Waals surface area (Å²) in [5.41, 5.74) is 3.02. The first kappa shape index (κ1) is 16.1. The molecule has 1 unspecified atom stereocenters. The Bertz CT molecular complexity index is 856. The fraction of sp³-hybridized carbons (Fsp3) is 0.333. The van der Waals surface area contributed by atoms with Gasteiger partial charge >= 0.3 is 0 Å². The standard InChI is InChI=1S/C18H21N5O/c1-12(9-10-15-7-5-4-6-8-15)19-17(24)16-21-18-20-13(2)11-14(3)23(18)22-16/h4-8,11-12H,9-10H2,1-3H3,(H,19,24). The molecule has 1 aromatic carbocycles. The molecule has 1 N–H and O–H groups in total. The minimum absolute atomic E-state index is 0.0418. The van der Waals surface area contributed by atoms with Crippen molar-refractivity contribution >= 4 is 11.7 Å². The lowest BCUT2D eigenvalue weighted by molar-refractivity contribution is 0.0928. The summed E-state index contributed by atoms with van der Waals surface area (Å²) < 4.78 is 1.59. The zero-order valence-electron chi connectivity index (χ0n) is 14.2. The lowest BCUT2D eigenvalue weighted by atomic mass is 10.1. The summed E-state index contributed by atoms with van der Waals surface area (Å²) in [6, 6.07) is 12.2. The van der Waals surface area contributed by atoms with Crippen LogP contribution in [0.15, 0.2) is 36.4 Å². The maximum atomic E-state index is 12.4. The highest BCUT2D eigenvalue weighted by Crippen LogP contribution is 2.07. The average molecular weight is 323 g/mol. The van der Waals surface area contributed by atoms with Crippen LogP contribution >= 0.6 is 0 Å². The molecule has 0 bridgehead atoms. The number of nitrogens with one attached hydrogen (secondary N) is 1. The summed E-state index contributed by atoms with van der Waals surface area (Å²) in [5.74, 6) is 0.343. The van der Waals surface area contributed by atoms with Gasteiger partial charge in [-0.2, -0.15) is 4.98 Å². The van der Waals surface area contributed by atoms with Gasteiger partial charge in [0.2, 0.25) is 5.82 Å². The molecule has 0 fully saturated rings. The molecule has 2 aromatic heterocycles. The lowest BCUT2D eigenvalue weighted by Crippen LogP contribution is -2.33. The highest BCUT2D eigenvalue weighted by atomic mass is 16.2. The van der Waals surface area contributed by atoms with Gasteiger partial charge < -0.3 is 5.32 Å². The fourth-order valence-electron chi connectivity index (χ4n) is 2.65. The number of aryl methyl sites for hydroxylation is 3. The summed E-state index contributed by atoms with van der Waals surface area (Å²) in [6.45, 7) is 5.80. The summed E-state index contributed by atoms with van der Waals surface area (Å²) in [5, 5.41) is 7.21. The zero-order valence-corrected chi connectivity index (χ0v) is 14.2. The molecule has 6 nitrogen and oxygen atoms in total. The van der Waals surface area contributed by atoms with Crippen LogP contribution in [0.3, 0.4) is 0 Å². The van der Waals surface area contributed by atoms with E-state index in [-0.39, 0.29) is 17.8 Å². The molecule has 0 aliphatic heterocycles. The Balaban J connectivity index is 1.65. The normalized spacial score (nSPS) is 12.3. The molecule has 1 amide bonds. The molecule has 3 aromatic rings. The minimum Gasteiger partial charge on any atom is -0.347 e. The molecule has 0 aliphatic rings. The Morgan fingerprint density at radius 2 is 1.96 bits per heavy atom. The maximum Gasteiger partial charge on any atom is 0.291 e. The van der Waals surface area contributed by atoms with Gasteiger partial charge in [0.05, 0.1) is 0 Å². The van der Waals surface area contributed by atoms with Gasteiger partial charge in [0.1, 0.15) is 0 Å². The predicted octanol–water partition coefficient (Wildman–Crippen LogP) is 2.49. The van der Waals surface area contributed by atoms with E-state index in [0.29, 0.717) is 5.78 Å². The predicted molar refractivity (Wildman–Crippen MR) is 91.9 cm³/mol. The van der Waals surface area contributed by atoms with Crippen molar-refractivity contribution in [3.63, 3.8) is 0 Å². The zero-order chi connectivity index (χ0) is 17.1. The van der Waals surface area contributed by atoms with Gasteiger partial charge in [-0.1, -0.05) is 30.3 Å². The number of nitrogens with zero attached hydrogens (tertiary/aromatic N) is 4. The third-order valence-corrected chi connectivity index (χ3v) is 3.91. The van der Waals surface area contributed by atoms with E-state index in [9.17, 15) is 4.79 Å². The second-order valence-corrected chi connectivity index (χ2v) is 6.08. The molecule has 24 heavy (non-hydrogen) atoms. The fourth-order valence-corrected chi connectivity index (χ4v) is 2.65. The van der Waals surface area contributed by atoms with Crippen molar-refractivity contribution in [2.45, 2.75) is 39.7 Å². The van der Waals surface area contributed by atoms with Crippen LogP contribution in [0.2, 0.25) is 0 Å². The number of hydrogen-bond donors (Lipinski definition) is 1. The van der Waals surface area contributed by atoms with Gasteiger partial charge in [0.15, 0.2) is 0 Å². The van der Waals surface area contributed by atoms with Crippen LogP contribution in [-0.4, -0.2) is 31.5 Å². The van der Waals surface area contributed by atoms with Crippen LogP contribution < -0.4 is 5.32 Å². The Kier molecular flexibility index (Phi) is 4.55. The van der Waals surface area contributed by atoms with Crippen LogP contribution in [0.1, 0.15) is 40.9 Å². The summed E-state index contributed by atoms with van der Waals surface area (Å²) >= 11 is 0. The molecule has 0 radical (unpaired) electrons. The summed E-state index contributed by atoms with van der Waals surface area (Å²) in [4.78, 5) is 20.9. The Labute approximate surface area is 141 Å². The first-order valence-electron chi connectivity index (χ1n) is 8.09. The van der Waals surface area contributed by atoms with Gasteiger partial charge in [-0.25, -0.2) is 9.50 Å². The van der Waals surface area contributed by atoms with E-state index in [4.69, 9.17) is 0 Å². The van der Waals surface area contributed by atoms with E-state index in [1.165, 1.54) is 5.56 Å². The molecular weight excluding hydrogens is 302 g/mol. The van der Waals surface area contributed by atoms with Crippen LogP contribution in [0.25, 0.3) is 5.78 Å². The van der Waals surface area contributed by atoms with Crippen LogP contribution in [-0.2, 0) is 6.42 Å². The second kappa shape index (κ2) is 6.78. The molecule has 0 aliphatic carbocycles. The Hall–Kier alpha value is -2.76.